The second-order valence-corrected chi connectivity index (χ2v) is 7.34. The van der Waals surface area contributed by atoms with E-state index in [0.29, 0.717) is 6.42 Å². The van der Waals surface area contributed by atoms with E-state index in [1.54, 1.807) is 23.1 Å². The van der Waals surface area contributed by atoms with Crippen molar-refractivity contribution in [3.63, 3.8) is 0 Å². The second-order valence-electron chi connectivity index (χ2n) is 6.31. The molecule has 2 aromatic rings. The van der Waals surface area contributed by atoms with Gasteiger partial charge in [-0.2, -0.15) is 5.10 Å². The lowest BCUT2D eigenvalue weighted by Gasteiger charge is -2.25. The molecule has 1 aliphatic rings. The van der Waals surface area contributed by atoms with Gasteiger partial charge in [-0.15, -0.1) is 11.3 Å². The van der Waals surface area contributed by atoms with Gasteiger partial charge in [0.15, 0.2) is 0 Å². The Morgan fingerprint density at radius 2 is 2.33 bits per heavy atom. The molecule has 0 saturated carbocycles. The summed E-state index contributed by atoms with van der Waals surface area (Å²) >= 11 is 1.76. The Bertz CT molecular complexity index is 693. The highest BCUT2D eigenvalue weighted by atomic mass is 32.1. The standard InChI is InChI=1S/C18H25N3O2S/c1-13-17(18(23-3)20(2)19-13)15-9-5-11-21(15)16(22)10-4-7-14-8-6-12-24-14/h6,8,12,15H,4-5,7,9-11H2,1-3H3/t15-/m1/s1. The van der Waals surface area contributed by atoms with E-state index >= 15 is 0 Å². The van der Waals surface area contributed by atoms with E-state index in [9.17, 15) is 4.79 Å². The maximum absolute atomic E-state index is 12.7. The summed E-state index contributed by atoms with van der Waals surface area (Å²) in [5.41, 5.74) is 2.03. The van der Waals surface area contributed by atoms with Crippen molar-refractivity contribution >= 4 is 17.2 Å². The molecule has 2 aromatic heterocycles. The molecule has 130 valence electrons. The van der Waals surface area contributed by atoms with Gasteiger partial charge in [0.05, 0.1) is 24.4 Å². The highest BCUT2D eigenvalue weighted by Crippen LogP contribution is 2.39. The average Bonchev–Trinajstić information content (AvgIpc) is 3.27. The predicted octanol–water partition coefficient (Wildman–Crippen LogP) is 3.49. The molecule has 0 unspecified atom stereocenters. The van der Waals surface area contributed by atoms with Gasteiger partial charge < -0.3 is 9.64 Å². The lowest BCUT2D eigenvalue weighted by atomic mass is 10.0. The Balaban J connectivity index is 1.68. The Morgan fingerprint density at radius 1 is 1.50 bits per heavy atom. The molecule has 1 atom stereocenters. The summed E-state index contributed by atoms with van der Waals surface area (Å²) in [5.74, 6) is 1.02. The van der Waals surface area contributed by atoms with E-state index < -0.39 is 0 Å². The molecule has 0 radical (unpaired) electrons. The van der Waals surface area contributed by atoms with Crippen molar-refractivity contribution in [3.05, 3.63) is 33.6 Å². The Kier molecular flexibility index (Phi) is 5.23. The van der Waals surface area contributed by atoms with Crippen LogP contribution in [0.25, 0.3) is 0 Å². The molecule has 0 N–H and O–H groups in total. The maximum atomic E-state index is 12.7. The molecule has 3 rings (SSSR count). The maximum Gasteiger partial charge on any atom is 0.223 e. The van der Waals surface area contributed by atoms with Crippen LogP contribution in [0.2, 0.25) is 0 Å². The number of nitrogens with zero attached hydrogens (tertiary/aromatic N) is 3. The largest absolute Gasteiger partial charge is 0.481 e. The lowest BCUT2D eigenvalue weighted by Crippen LogP contribution is -2.30. The smallest absolute Gasteiger partial charge is 0.223 e. The summed E-state index contributed by atoms with van der Waals surface area (Å²) in [7, 11) is 3.56. The van der Waals surface area contributed by atoms with Crippen molar-refractivity contribution in [2.45, 2.75) is 45.1 Å². The minimum absolute atomic E-state index is 0.0999. The molecule has 3 heterocycles. The van der Waals surface area contributed by atoms with Crippen molar-refractivity contribution < 1.29 is 9.53 Å². The van der Waals surface area contributed by atoms with Gasteiger partial charge in [-0.05, 0) is 44.1 Å². The zero-order valence-electron chi connectivity index (χ0n) is 14.6. The van der Waals surface area contributed by atoms with Gasteiger partial charge in [-0.25, -0.2) is 4.68 Å². The summed E-state index contributed by atoms with van der Waals surface area (Å²) in [4.78, 5) is 16.1. The molecule has 0 spiro atoms. The fourth-order valence-electron chi connectivity index (χ4n) is 3.66. The lowest BCUT2D eigenvalue weighted by molar-refractivity contribution is -0.132. The quantitative estimate of drug-likeness (QED) is 0.804. The molecule has 1 amide bonds. The van der Waals surface area contributed by atoms with Crippen LogP contribution in [-0.4, -0.2) is 34.2 Å². The summed E-state index contributed by atoms with van der Waals surface area (Å²) < 4.78 is 7.30. The van der Waals surface area contributed by atoms with E-state index in [4.69, 9.17) is 4.74 Å². The average molecular weight is 347 g/mol. The van der Waals surface area contributed by atoms with Crippen molar-refractivity contribution in [1.82, 2.24) is 14.7 Å². The normalized spacial score (nSPS) is 17.5. The first kappa shape index (κ1) is 17.0. The van der Waals surface area contributed by atoms with Crippen LogP contribution in [-0.2, 0) is 18.3 Å². The number of thiophene rings is 1. The Morgan fingerprint density at radius 3 is 3.04 bits per heavy atom. The van der Waals surface area contributed by atoms with Crippen LogP contribution < -0.4 is 4.74 Å². The molecule has 24 heavy (non-hydrogen) atoms. The predicted molar refractivity (Wildman–Crippen MR) is 95.4 cm³/mol. The van der Waals surface area contributed by atoms with Gasteiger partial charge in [-0.3, -0.25) is 4.79 Å². The highest BCUT2D eigenvalue weighted by Gasteiger charge is 2.34. The number of aryl methyl sites for hydroxylation is 3. The molecule has 0 aliphatic carbocycles. The van der Waals surface area contributed by atoms with Crippen molar-refractivity contribution in [2.75, 3.05) is 13.7 Å². The monoisotopic (exact) mass is 347 g/mol. The van der Waals surface area contributed by atoms with Crippen LogP contribution in [0.5, 0.6) is 5.88 Å². The number of aromatic nitrogens is 2. The molecule has 1 aliphatic heterocycles. The molecule has 6 heteroatoms. The number of likely N-dealkylation sites (tertiary alicyclic amines) is 1. The fourth-order valence-corrected chi connectivity index (χ4v) is 4.41. The van der Waals surface area contributed by atoms with Gasteiger partial charge >= 0.3 is 0 Å². The van der Waals surface area contributed by atoms with Gasteiger partial charge in [0.1, 0.15) is 0 Å². The molecule has 0 bridgehead atoms. The van der Waals surface area contributed by atoms with E-state index in [-0.39, 0.29) is 11.9 Å². The van der Waals surface area contributed by atoms with Crippen LogP contribution >= 0.6 is 11.3 Å². The fraction of sp³-hybridized carbons (Fsp3) is 0.556. The summed E-state index contributed by atoms with van der Waals surface area (Å²) in [5, 5.41) is 6.56. The van der Waals surface area contributed by atoms with Crippen molar-refractivity contribution in [2.24, 2.45) is 7.05 Å². The highest BCUT2D eigenvalue weighted by molar-refractivity contribution is 7.09. The number of hydrogen-bond donors (Lipinski definition) is 0. The van der Waals surface area contributed by atoms with Crippen molar-refractivity contribution in [3.8, 4) is 5.88 Å². The van der Waals surface area contributed by atoms with Crippen LogP contribution in [0, 0.1) is 6.92 Å². The molecule has 1 saturated heterocycles. The van der Waals surface area contributed by atoms with Crippen LogP contribution in [0.15, 0.2) is 17.5 Å². The third kappa shape index (κ3) is 3.34. The third-order valence-corrected chi connectivity index (χ3v) is 5.64. The molecular formula is C18H25N3O2S. The number of hydrogen-bond acceptors (Lipinski definition) is 4. The van der Waals surface area contributed by atoms with Crippen LogP contribution in [0.1, 0.15) is 47.9 Å². The molecular weight excluding hydrogens is 322 g/mol. The third-order valence-electron chi connectivity index (χ3n) is 4.71. The Labute approximate surface area is 147 Å². The SMILES string of the molecule is COc1c([C@H]2CCCN2C(=O)CCCc2cccs2)c(C)nn1C. The van der Waals surface area contributed by atoms with Crippen LogP contribution in [0.3, 0.4) is 0 Å². The topological polar surface area (TPSA) is 47.4 Å². The number of methoxy groups -OCH3 is 1. The second kappa shape index (κ2) is 7.38. The molecule has 1 fully saturated rings. The number of carbonyl (C=O) groups is 1. The van der Waals surface area contributed by atoms with Gasteiger partial charge in [-0.1, -0.05) is 6.07 Å². The Hall–Kier alpha value is -1.82. The van der Waals surface area contributed by atoms with E-state index in [0.717, 1.165) is 49.4 Å². The number of ether oxygens (including phenoxy) is 1. The summed E-state index contributed by atoms with van der Waals surface area (Å²) in [6.07, 6.45) is 4.53. The van der Waals surface area contributed by atoms with Crippen LogP contribution in [0.4, 0.5) is 0 Å². The first-order chi connectivity index (χ1) is 11.6. The van der Waals surface area contributed by atoms with E-state index in [1.807, 2.05) is 18.9 Å². The zero-order valence-corrected chi connectivity index (χ0v) is 15.4. The number of amides is 1. The van der Waals surface area contributed by atoms with Gasteiger partial charge in [0.2, 0.25) is 11.8 Å². The number of rotatable bonds is 6. The minimum atomic E-state index is 0.0999. The summed E-state index contributed by atoms with van der Waals surface area (Å²) in [6, 6.07) is 4.30. The first-order valence-corrected chi connectivity index (χ1v) is 9.39. The first-order valence-electron chi connectivity index (χ1n) is 8.51. The van der Waals surface area contributed by atoms with E-state index in [2.05, 4.69) is 22.6 Å². The summed E-state index contributed by atoms with van der Waals surface area (Å²) in [6.45, 7) is 2.83. The minimum Gasteiger partial charge on any atom is -0.481 e. The van der Waals surface area contributed by atoms with Gasteiger partial charge in [0, 0.05) is 24.9 Å². The van der Waals surface area contributed by atoms with E-state index in [1.165, 1.54) is 4.88 Å². The van der Waals surface area contributed by atoms with Gasteiger partial charge in [0.25, 0.3) is 0 Å². The zero-order chi connectivity index (χ0) is 17.1. The number of carbonyl (C=O) groups excluding carboxylic acids is 1. The van der Waals surface area contributed by atoms with Crippen molar-refractivity contribution in [1.29, 1.82) is 0 Å². The molecule has 5 nitrogen and oxygen atoms in total. The molecule has 0 aromatic carbocycles.